The molecule has 0 aliphatic heterocycles. The SMILES string of the molecule is Cc1cccn2cc(-c3ccccc3NC(=O)c3ccc4ccccc4n3)nc12. The Hall–Kier alpha value is -3.99. The van der Waals surface area contributed by atoms with Gasteiger partial charge in [-0.2, -0.15) is 0 Å². The number of hydrogen-bond donors (Lipinski definition) is 1. The van der Waals surface area contributed by atoms with Gasteiger partial charge in [0.15, 0.2) is 0 Å². The van der Waals surface area contributed by atoms with Gasteiger partial charge in [0.05, 0.1) is 16.9 Å². The van der Waals surface area contributed by atoms with Crippen LogP contribution in [0.4, 0.5) is 5.69 Å². The molecule has 0 aliphatic carbocycles. The van der Waals surface area contributed by atoms with E-state index < -0.39 is 0 Å². The second-order valence-corrected chi connectivity index (χ2v) is 6.94. The maximum Gasteiger partial charge on any atom is 0.274 e. The first-order chi connectivity index (χ1) is 14.2. The van der Waals surface area contributed by atoms with Crippen molar-refractivity contribution in [3.63, 3.8) is 0 Å². The Morgan fingerprint density at radius 3 is 2.62 bits per heavy atom. The molecule has 2 aromatic carbocycles. The predicted molar refractivity (Wildman–Crippen MR) is 115 cm³/mol. The Labute approximate surface area is 167 Å². The zero-order valence-electron chi connectivity index (χ0n) is 15.8. The molecule has 3 aromatic heterocycles. The molecule has 1 N–H and O–H groups in total. The standard InChI is InChI=1S/C24H18N4O/c1-16-7-6-14-28-15-22(26-23(16)28)18-9-3-5-11-20(18)27-24(29)21-13-12-17-8-2-4-10-19(17)25-21/h2-15H,1H3,(H,27,29). The summed E-state index contributed by atoms with van der Waals surface area (Å²) in [7, 11) is 0. The lowest BCUT2D eigenvalue weighted by Crippen LogP contribution is -2.14. The molecule has 1 amide bonds. The number of anilines is 1. The molecule has 29 heavy (non-hydrogen) atoms. The molecule has 140 valence electrons. The van der Waals surface area contributed by atoms with Gasteiger partial charge in [0.1, 0.15) is 11.3 Å². The van der Waals surface area contributed by atoms with Gasteiger partial charge >= 0.3 is 0 Å². The van der Waals surface area contributed by atoms with E-state index >= 15 is 0 Å². The lowest BCUT2D eigenvalue weighted by molar-refractivity contribution is 0.102. The summed E-state index contributed by atoms with van der Waals surface area (Å²) < 4.78 is 1.99. The second-order valence-electron chi connectivity index (χ2n) is 6.94. The van der Waals surface area contributed by atoms with Crippen molar-refractivity contribution in [1.82, 2.24) is 14.4 Å². The molecule has 0 saturated heterocycles. The summed E-state index contributed by atoms with van der Waals surface area (Å²) in [4.78, 5) is 22.1. The van der Waals surface area contributed by atoms with Gasteiger partial charge in [-0.05, 0) is 36.8 Å². The molecule has 0 spiro atoms. The highest BCUT2D eigenvalue weighted by atomic mass is 16.1. The van der Waals surface area contributed by atoms with Gasteiger partial charge in [0, 0.05) is 23.3 Å². The van der Waals surface area contributed by atoms with E-state index in [0.717, 1.165) is 33.4 Å². The molecule has 0 bridgehead atoms. The van der Waals surface area contributed by atoms with Gasteiger partial charge in [-0.3, -0.25) is 4.79 Å². The van der Waals surface area contributed by atoms with E-state index in [-0.39, 0.29) is 5.91 Å². The van der Waals surface area contributed by atoms with E-state index in [4.69, 9.17) is 4.98 Å². The molecule has 0 radical (unpaired) electrons. The van der Waals surface area contributed by atoms with Crippen molar-refractivity contribution in [2.45, 2.75) is 6.92 Å². The van der Waals surface area contributed by atoms with Crippen LogP contribution in [0.2, 0.25) is 0 Å². The number of hydrogen-bond acceptors (Lipinski definition) is 3. The number of benzene rings is 2. The number of nitrogens with zero attached hydrogens (tertiary/aromatic N) is 3. The number of aromatic nitrogens is 3. The Morgan fingerprint density at radius 1 is 0.897 bits per heavy atom. The average molecular weight is 378 g/mol. The predicted octanol–water partition coefficient (Wildman–Crippen LogP) is 5.11. The first-order valence-electron chi connectivity index (χ1n) is 9.40. The summed E-state index contributed by atoms with van der Waals surface area (Å²) in [5, 5.41) is 4.00. The number of carbonyl (C=O) groups excluding carboxylic acids is 1. The Morgan fingerprint density at radius 2 is 1.72 bits per heavy atom. The Bertz CT molecular complexity index is 1370. The van der Waals surface area contributed by atoms with Crippen molar-refractivity contribution in [3.05, 3.63) is 96.4 Å². The van der Waals surface area contributed by atoms with Crippen LogP contribution in [-0.4, -0.2) is 20.3 Å². The maximum atomic E-state index is 12.9. The van der Waals surface area contributed by atoms with Gasteiger partial charge in [-0.1, -0.05) is 48.5 Å². The van der Waals surface area contributed by atoms with Crippen LogP contribution in [0.25, 0.3) is 27.8 Å². The van der Waals surface area contributed by atoms with Crippen LogP contribution in [0.5, 0.6) is 0 Å². The molecule has 0 fully saturated rings. The van der Waals surface area contributed by atoms with Crippen LogP contribution in [0, 0.1) is 6.92 Å². The van der Waals surface area contributed by atoms with Crippen LogP contribution >= 0.6 is 0 Å². The molecule has 3 heterocycles. The van der Waals surface area contributed by atoms with Crippen LogP contribution in [-0.2, 0) is 0 Å². The minimum atomic E-state index is -0.247. The number of aryl methyl sites for hydroxylation is 1. The van der Waals surface area contributed by atoms with Crippen molar-refractivity contribution in [2.75, 3.05) is 5.32 Å². The average Bonchev–Trinajstić information content (AvgIpc) is 3.19. The molecular formula is C24H18N4O. The lowest BCUT2D eigenvalue weighted by Gasteiger charge is -2.09. The molecule has 5 nitrogen and oxygen atoms in total. The normalized spacial score (nSPS) is 11.1. The number of nitrogens with one attached hydrogen (secondary N) is 1. The summed E-state index contributed by atoms with van der Waals surface area (Å²) in [6.07, 6.45) is 3.95. The van der Waals surface area contributed by atoms with Crippen molar-refractivity contribution < 1.29 is 4.79 Å². The first-order valence-corrected chi connectivity index (χ1v) is 9.40. The van der Waals surface area contributed by atoms with E-state index in [0.29, 0.717) is 11.4 Å². The third kappa shape index (κ3) is 3.12. The molecule has 0 aliphatic rings. The third-order valence-corrected chi connectivity index (χ3v) is 4.96. The number of imidazole rings is 1. The van der Waals surface area contributed by atoms with Gasteiger partial charge in [0.2, 0.25) is 0 Å². The summed E-state index contributed by atoms with van der Waals surface area (Å²) in [6, 6.07) is 23.1. The fourth-order valence-electron chi connectivity index (χ4n) is 3.48. The fourth-order valence-corrected chi connectivity index (χ4v) is 3.48. The largest absolute Gasteiger partial charge is 0.320 e. The van der Waals surface area contributed by atoms with Crippen molar-refractivity contribution >= 4 is 28.1 Å². The summed E-state index contributed by atoms with van der Waals surface area (Å²) >= 11 is 0. The van der Waals surface area contributed by atoms with Crippen LogP contribution in [0.3, 0.4) is 0 Å². The maximum absolute atomic E-state index is 12.9. The zero-order chi connectivity index (χ0) is 19.8. The topological polar surface area (TPSA) is 59.3 Å². The molecule has 5 rings (SSSR count). The van der Waals surface area contributed by atoms with Crippen molar-refractivity contribution in [1.29, 1.82) is 0 Å². The van der Waals surface area contributed by atoms with Crippen molar-refractivity contribution in [2.24, 2.45) is 0 Å². The third-order valence-electron chi connectivity index (χ3n) is 4.96. The Kier molecular flexibility index (Phi) is 4.06. The van der Waals surface area contributed by atoms with E-state index in [1.165, 1.54) is 0 Å². The monoisotopic (exact) mass is 378 g/mol. The number of rotatable bonds is 3. The molecule has 5 aromatic rings. The zero-order valence-corrected chi connectivity index (χ0v) is 15.8. The number of fused-ring (bicyclic) bond motifs is 2. The van der Waals surface area contributed by atoms with Gasteiger partial charge < -0.3 is 9.72 Å². The van der Waals surface area contributed by atoms with Gasteiger partial charge in [0.25, 0.3) is 5.91 Å². The van der Waals surface area contributed by atoms with E-state index in [2.05, 4.69) is 10.3 Å². The van der Waals surface area contributed by atoms with Crippen molar-refractivity contribution in [3.8, 4) is 11.3 Å². The number of amides is 1. The summed E-state index contributed by atoms with van der Waals surface area (Å²) in [6.45, 7) is 2.03. The number of carbonyl (C=O) groups is 1. The lowest BCUT2D eigenvalue weighted by atomic mass is 10.1. The summed E-state index contributed by atoms with van der Waals surface area (Å²) in [5.41, 5.74) is 5.55. The smallest absolute Gasteiger partial charge is 0.274 e. The summed E-state index contributed by atoms with van der Waals surface area (Å²) in [5.74, 6) is -0.247. The number of pyridine rings is 2. The molecular weight excluding hydrogens is 360 g/mol. The van der Waals surface area contributed by atoms with E-state index in [1.807, 2.05) is 90.4 Å². The first kappa shape index (κ1) is 17.1. The Balaban J connectivity index is 1.51. The van der Waals surface area contributed by atoms with Crippen LogP contribution in [0.15, 0.2) is 85.2 Å². The minimum Gasteiger partial charge on any atom is -0.320 e. The quantitative estimate of drug-likeness (QED) is 0.475. The van der Waals surface area contributed by atoms with Gasteiger partial charge in [-0.25, -0.2) is 9.97 Å². The molecule has 0 atom stereocenters. The fraction of sp³-hybridized carbons (Fsp3) is 0.0417. The van der Waals surface area contributed by atoms with Gasteiger partial charge in [-0.15, -0.1) is 0 Å². The van der Waals surface area contributed by atoms with E-state index in [1.54, 1.807) is 6.07 Å². The molecule has 5 heteroatoms. The van der Waals surface area contributed by atoms with E-state index in [9.17, 15) is 4.79 Å². The highest BCUT2D eigenvalue weighted by Gasteiger charge is 2.14. The second kappa shape index (κ2) is 6.87. The molecule has 0 saturated carbocycles. The highest BCUT2D eigenvalue weighted by molar-refractivity contribution is 6.06. The highest BCUT2D eigenvalue weighted by Crippen LogP contribution is 2.28. The molecule has 0 unspecified atom stereocenters. The minimum absolute atomic E-state index is 0.247. The van der Waals surface area contributed by atoms with Crippen LogP contribution < -0.4 is 5.32 Å². The van der Waals surface area contributed by atoms with Crippen LogP contribution in [0.1, 0.15) is 16.1 Å². The number of para-hydroxylation sites is 2.